The Morgan fingerprint density at radius 2 is 1.86 bits per heavy atom. The Bertz CT molecular complexity index is 202. The van der Waals surface area contributed by atoms with Crippen molar-refractivity contribution in [1.29, 1.82) is 0 Å². The van der Waals surface area contributed by atoms with Crippen molar-refractivity contribution in [3.05, 3.63) is 0 Å². The Balaban J connectivity index is 3.58. The van der Waals surface area contributed by atoms with Crippen molar-refractivity contribution in [1.82, 2.24) is 5.32 Å². The number of carbonyl (C=O) groups excluding carboxylic acids is 1. The van der Waals surface area contributed by atoms with E-state index in [1.54, 1.807) is 0 Å². The molecule has 0 saturated carbocycles. The first-order chi connectivity index (χ1) is 6.43. The van der Waals surface area contributed by atoms with Gasteiger partial charge in [0.25, 0.3) is 0 Å². The van der Waals surface area contributed by atoms with Gasteiger partial charge >= 0.3 is 5.97 Å². The first-order valence-electron chi connectivity index (χ1n) is 4.92. The summed E-state index contributed by atoms with van der Waals surface area (Å²) in [6.45, 7) is 6.03. The highest BCUT2D eigenvalue weighted by Crippen LogP contribution is 2.15. The first kappa shape index (κ1) is 12.9. The standard InChI is InChI=1S/C10H19NO3/c1-7(2)8(3)4-5-9(12)11-6-10(13)14/h7-8H,4-6H2,1-3H3,(H,11,12)(H,13,14). The van der Waals surface area contributed by atoms with Gasteiger partial charge in [0.05, 0.1) is 0 Å². The molecule has 14 heavy (non-hydrogen) atoms. The molecule has 0 aromatic rings. The van der Waals surface area contributed by atoms with Crippen LogP contribution in [0, 0.1) is 11.8 Å². The van der Waals surface area contributed by atoms with Crippen LogP contribution in [0.25, 0.3) is 0 Å². The lowest BCUT2D eigenvalue weighted by Crippen LogP contribution is -2.29. The van der Waals surface area contributed by atoms with Crippen LogP contribution >= 0.6 is 0 Å². The largest absolute Gasteiger partial charge is 0.480 e. The predicted molar refractivity (Wildman–Crippen MR) is 53.9 cm³/mol. The van der Waals surface area contributed by atoms with Crippen LogP contribution in [0.15, 0.2) is 0 Å². The van der Waals surface area contributed by atoms with Crippen molar-refractivity contribution in [2.24, 2.45) is 11.8 Å². The minimum Gasteiger partial charge on any atom is -0.480 e. The molecule has 82 valence electrons. The summed E-state index contributed by atoms with van der Waals surface area (Å²) in [4.78, 5) is 21.2. The Hall–Kier alpha value is -1.06. The summed E-state index contributed by atoms with van der Waals surface area (Å²) in [6, 6.07) is 0. The van der Waals surface area contributed by atoms with Crippen molar-refractivity contribution in [2.75, 3.05) is 6.54 Å². The summed E-state index contributed by atoms with van der Waals surface area (Å²) in [5.74, 6) is -0.136. The van der Waals surface area contributed by atoms with E-state index in [9.17, 15) is 9.59 Å². The third-order valence-corrected chi connectivity index (χ3v) is 2.40. The molecule has 1 atom stereocenters. The van der Waals surface area contributed by atoms with Crippen LogP contribution in [0.5, 0.6) is 0 Å². The molecule has 0 radical (unpaired) electrons. The number of carbonyl (C=O) groups is 2. The zero-order valence-electron chi connectivity index (χ0n) is 9.04. The van der Waals surface area contributed by atoms with Gasteiger partial charge < -0.3 is 10.4 Å². The second-order valence-electron chi connectivity index (χ2n) is 3.93. The number of rotatable bonds is 6. The quantitative estimate of drug-likeness (QED) is 0.680. The molecule has 0 rings (SSSR count). The normalized spacial score (nSPS) is 12.6. The van der Waals surface area contributed by atoms with Gasteiger partial charge in [-0.25, -0.2) is 0 Å². The predicted octanol–water partition coefficient (Wildman–Crippen LogP) is 1.26. The molecule has 0 aliphatic heterocycles. The van der Waals surface area contributed by atoms with E-state index in [2.05, 4.69) is 26.1 Å². The van der Waals surface area contributed by atoms with Crippen molar-refractivity contribution in [3.8, 4) is 0 Å². The zero-order chi connectivity index (χ0) is 11.1. The summed E-state index contributed by atoms with van der Waals surface area (Å²) >= 11 is 0. The van der Waals surface area contributed by atoms with Gasteiger partial charge in [-0.15, -0.1) is 0 Å². The van der Waals surface area contributed by atoms with E-state index < -0.39 is 5.97 Å². The molecule has 0 spiro atoms. The highest BCUT2D eigenvalue weighted by Gasteiger charge is 2.10. The van der Waals surface area contributed by atoms with Crippen LogP contribution in [-0.2, 0) is 9.59 Å². The smallest absolute Gasteiger partial charge is 0.322 e. The van der Waals surface area contributed by atoms with E-state index in [4.69, 9.17) is 5.11 Å². The lowest BCUT2D eigenvalue weighted by Gasteiger charge is -2.14. The summed E-state index contributed by atoms with van der Waals surface area (Å²) in [5.41, 5.74) is 0. The minimum atomic E-state index is -1.00. The van der Waals surface area contributed by atoms with Gasteiger partial charge in [0.1, 0.15) is 6.54 Å². The lowest BCUT2D eigenvalue weighted by atomic mass is 9.93. The van der Waals surface area contributed by atoms with Crippen LogP contribution < -0.4 is 5.32 Å². The molecule has 2 N–H and O–H groups in total. The van der Waals surface area contributed by atoms with Gasteiger partial charge in [-0.1, -0.05) is 20.8 Å². The molecule has 1 unspecified atom stereocenters. The summed E-state index contributed by atoms with van der Waals surface area (Å²) in [5, 5.41) is 10.7. The summed E-state index contributed by atoms with van der Waals surface area (Å²) in [6.07, 6.45) is 1.22. The zero-order valence-corrected chi connectivity index (χ0v) is 9.04. The third-order valence-electron chi connectivity index (χ3n) is 2.40. The Morgan fingerprint density at radius 3 is 2.29 bits per heavy atom. The molecule has 0 aromatic carbocycles. The van der Waals surface area contributed by atoms with Gasteiger partial charge in [-0.3, -0.25) is 9.59 Å². The third kappa shape index (κ3) is 6.46. The molecule has 0 bridgehead atoms. The van der Waals surface area contributed by atoms with Gasteiger partial charge in [0, 0.05) is 6.42 Å². The molecule has 0 aliphatic carbocycles. The number of carboxylic acids is 1. The maximum Gasteiger partial charge on any atom is 0.322 e. The molecule has 0 fully saturated rings. The molecule has 1 amide bonds. The fourth-order valence-electron chi connectivity index (χ4n) is 0.955. The van der Waals surface area contributed by atoms with E-state index in [-0.39, 0.29) is 12.5 Å². The molecular weight excluding hydrogens is 182 g/mol. The Labute approximate surface area is 84.7 Å². The summed E-state index contributed by atoms with van der Waals surface area (Å²) < 4.78 is 0. The monoisotopic (exact) mass is 201 g/mol. The van der Waals surface area contributed by atoms with E-state index >= 15 is 0 Å². The van der Waals surface area contributed by atoms with Crippen LogP contribution in [-0.4, -0.2) is 23.5 Å². The average molecular weight is 201 g/mol. The second kappa shape index (κ2) is 6.40. The Morgan fingerprint density at radius 1 is 1.29 bits per heavy atom. The van der Waals surface area contributed by atoms with Gasteiger partial charge in [0.15, 0.2) is 0 Å². The van der Waals surface area contributed by atoms with Crippen molar-refractivity contribution >= 4 is 11.9 Å². The van der Waals surface area contributed by atoms with Crippen molar-refractivity contribution < 1.29 is 14.7 Å². The van der Waals surface area contributed by atoms with E-state index in [1.807, 2.05) is 0 Å². The van der Waals surface area contributed by atoms with Gasteiger partial charge in [-0.05, 0) is 18.3 Å². The first-order valence-corrected chi connectivity index (χ1v) is 4.92. The number of nitrogens with one attached hydrogen (secondary N) is 1. The maximum absolute atomic E-state index is 11.1. The molecule has 4 heteroatoms. The highest BCUT2D eigenvalue weighted by molar-refractivity contribution is 5.80. The Kier molecular flexibility index (Phi) is 5.92. The highest BCUT2D eigenvalue weighted by atomic mass is 16.4. The molecular formula is C10H19NO3. The van der Waals surface area contributed by atoms with E-state index in [0.29, 0.717) is 18.3 Å². The van der Waals surface area contributed by atoms with Crippen molar-refractivity contribution in [3.63, 3.8) is 0 Å². The van der Waals surface area contributed by atoms with Crippen LogP contribution in [0.2, 0.25) is 0 Å². The molecule has 0 saturated heterocycles. The molecule has 0 aliphatic rings. The summed E-state index contributed by atoms with van der Waals surface area (Å²) in [7, 11) is 0. The molecule has 0 aromatic heterocycles. The second-order valence-corrected chi connectivity index (χ2v) is 3.93. The fourth-order valence-corrected chi connectivity index (χ4v) is 0.955. The average Bonchev–Trinajstić information content (AvgIpc) is 2.10. The van der Waals surface area contributed by atoms with E-state index in [0.717, 1.165) is 6.42 Å². The topological polar surface area (TPSA) is 66.4 Å². The van der Waals surface area contributed by atoms with Gasteiger partial charge in [-0.2, -0.15) is 0 Å². The van der Waals surface area contributed by atoms with Gasteiger partial charge in [0.2, 0.25) is 5.91 Å². The molecule has 0 heterocycles. The molecule has 4 nitrogen and oxygen atoms in total. The number of carboxylic acid groups (broad SMARTS) is 1. The minimum absolute atomic E-state index is 0.181. The number of amides is 1. The number of hydrogen-bond donors (Lipinski definition) is 2. The van der Waals surface area contributed by atoms with Crippen molar-refractivity contribution in [2.45, 2.75) is 33.6 Å². The number of hydrogen-bond acceptors (Lipinski definition) is 2. The number of aliphatic carboxylic acids is 1. The van der Waals surface area contributed by atoms with Crippen LogP contribution in [0.1, 0.15) is 33.6 Å². The van der Waals surface area contributed by atoms with Crippen LogP contribution in [0.3, 0.4) is 0 Å². The lowest BCUT2D eigenvalue weighted by molar-refractivity contribution is -0.138. The van der Waals surface area contributed by atoms with Crippen LogP contribution in [0.4, 0.5) is 0 Å². The maximum atomic E-state index is 11.1. The fraction of sp³-hybridized carbons (Fsp3) is 0.800. The van der Waals surface area contributed by atoms with E-state index in [1.165, 1.54) is 0 Å². The SMILES string of the molecule is CC(C)C(C)CCC(=O)NCC(=O)O.